The van der Waals surface area contributed by atoms with E-state index in [0.717, 1.165) is 24.8 Å². The predicted octanol–water partition coefficient (Wildman–Crippen LogP) is 3.27. The zero-order chi connectivity index (χ0) is 20.4. The quantitative estimate of drug-likeness (QED) is 0.693. The van der Waals surface area contributed by atoms with Crippen LogP contribution < -0.4 is 10.1 Å². The minimum atomic E-state index is -0.528. The van der Waals surface area contributed by atoms with Crippen molar-refractivity contribution in [1.29, 1.82) is 0 Å². The molecule has 0 saturated heterocycles. The number of pyridine rings is 1. The Balaban J connectivity index is 1.66. The lowest BCUT2D eigenvalue weighted by molar-refractivity contribution is 0.0718. The number of ether oxygens (including phenoxy) is 1. The largest absolute Gasteiger partial charge is 0.494 e. The summed E-state index contributed by atoms with van der Waals surface area (Å²) in [5.41, 5.74) is 2.17. The summed E-state index contributed by atoms with van der Waals surface area (Å²) in [6.45, 7) is 0.241. The highest BCUT2D eigenvalue weighted by Gasteiger charge is 2.26. The number of aromatic nitrogens is 2. The van der Waals surface area contributed by atoms with Crippen molar-refractivity contribution in [3.63, 3.8) is 0 Å². The molecule has 2 atom stereocenters. The third-order valence-electron chi connectivity index (χ3n) is 5.53. The summed E-state index contributed by atoms with van der Waals surface area (Å²) in [6, 6.07) is 8.38. The van der Waals surface area contributed by atoms with Crippen molar-refractivity contribution in [1.82, 2.24) is 14.9 Å². The van der Waals surface area contributed by atoms with Crippen LogP contribution in [0.4, 0.5) is 4.39 Å². The van der Waals surface area contributed by atoms with Gasteiger partial charge >= 0.3 is 0 Å². The number of methoxy groups -OCH3 is 1. The molecular weight excluding hydrogens is 373 g/mol. The first kappa shape index (κ1) is 19.4. The van der Waals surface area contributed by atoms with E-state index in [-0.39, 0.29) is 24.2 Å². The van der Waals surface area contributed by atoms with Crippen molar-refractivity contribution < 1.29 is 19.0 Å². The highest BCUT2D eigenvalue weighted by atomic mass is 19.1. The van der Waals surface area contributed by atoms with Gasteiger partial charge in [0.15, 0.2) is 11.6 Å². The van der Waals surface area contributed by atoms with Gasteiger partial charge in [0, 0.05) is 18.0 Å². The molecular formula is C22H24FN3O3. The maximum Gasteiger partial charge on any atom is 0.255 e. The average Bonchev–Trinajstić information content (AvgIpc) is 3.10. The Labute approximate surface area is 168 Å². The van der Waals surface area contributed by atoms with E-state index in [1.54, 1.807) is 36.7 Å². The minimum absolute atomic E-state index is 0.182. The Bertz CT molecular complexity index is 1030. The van der Waals surface area contributed by atoms with E-state index in [9.17, 15) is 14.3 Å². The molecule has 1 amide bonds. The normalized spacial score (nSPS) is 19.3. The first-order chi connectivity index (χ1) is 14.1. The molecule has 6 nitrogen and oxygen atoms in total. The summed E-state index contributed by atoms with van der Waals surface area (Å²) in [6.07, 6.45) is 6.21. The first-order valence-corrected chi connectivity index (χ1v) is 9.82. The van der Waals surface area contributed by atoms with E-state index in [1.807, 2.05) is 10.6 Å². The number of amides is 1. The summed E-state index contributed by atoms with van der Waals surface area (Å²) in [4.78, 5) is 17.3. The number of aliphatic hydroxyl groups is 1. The van der Waals surface area contributed by atoms with Gasteiger partial charge in [-0.3, -0.25) is 9.78 Å². The van der Waals surface area contributed by atoms with E-state index < -0.39 is 11.9 Å². The summed E-state index contributed by atoms with van der Waals surface area (Å²) >= 11 is 0. The predicted molar refractivity (Wildman–Crippen MR) is 108 cm³/mol. The zero-order valence-electron chi connectivity index (χ0n) is 16.3. The second-order valence-electron chi connectivity index (χ2n) is 7.41. The van der Waals surface area contributed by atoms with E-state index in [1.165, 1.54) is 7.11 Å². The highest BCUT2D eigenvalue weighted by Crippen LogP contribution is 2.25. The monoisotopic (exact) mass is 397 g/mol. The van der Waals surface area contributed by atoms with Crippen LogP contribution in [0.15, 0.2) is 42.7 Å². The van der Waals surface area contributed by atoms with Crippen LogP contribution in [0.3, 0.4) is 0 Å². The molecule has 0 bridgehead atoms. The molecule has 1 aliphatic carbocycles. The zero-order valence-corrected chi connectivity index (χ0v) is 16.3. The van der Waals surface area contributed by atoms with Gasteiger partial charge in [0.05, 0.1) is 36.9 Å². The van der Waals surface area contributed by atoms with Crippen LogP contribution in [-0.4, -0.2) is 39.8 Å². The van der Waals surface area contributed by atoms with Crippen LogP contribution in [0.5, 0.6) is 5.75 Å². The maximum absolute atomic E-state index is 14.6. The number of nitrogens with zero attached hydrogens (tertiary/aromatic N) is 2. The first-order valence-electron chi connectivity index (χ1n) is 9.82. The number of rotatable bonds is 5. The van der Waals surface area contributed by atoms with Crippen LogP contribution in [0.1, 0.15) is 41.6 Å². The molecule has 0 aliphatic heterocycles. The number of aliphatic hydroxyl groups excluding tert-OH is 1. The minimum Gasteiger partial charge on any atom is -0.494 e. The third-order valence-corrected chi connectivity index (χ3v) is 5.53. The Morgan fingerprint density at radius 1 is 1.31 bits per heavy atom. The van der Waals surface area contributed by atoms with Gasteiger partial charge in [0.25, 0.3) is 5.91 Å². The smallest absolute Gasteiger partial charge is 0.255 e. The molecule has 4 rings (SSSR count). The van der Waals surface area contributed by atoms with Gasteiger partial charge in [0.2, 0.25) is 0 Å². The fourth-order valence-corrected chi connectivity index (χ4v) is 3.96. The van der Waals surface area contributed by atoms with Crippen molar-refractivity contribution >= 4 is 16.9 Å². The molecule has 1 unspecified atom stereocenters. The second kappa shape index (κ2) is 8.21. The molecule has 0 spiro atoms. The number of benzene rings is 1. The molecule has 7 heteroatoms. The topological polar surface area (TPSA) is 76.4 Å². The van der Waals surface area contributed by atoms with Gasteiger partial charge in [-0.25, -0.2) is 4.39 Å². The summed E-state index contributed by atoms with van der Waals surface area (Å²) < 4.78 is 21.5. The standard InChI is InChI=1S/C22H24FN3O3/c1-29-19-10-4-6-14(20(19)23)12-26-13-15(21-17(26)8-5-11-24-21)22(28)25-16-7-2-3-9-18(16)27/h4-6,8,10-11,13,16,18,27H,2-3,7,9,12H2,1H3,(H,25,28)/t16-,18?/m0/s1. The van der Waals surface area contributed by atoms with Gasteiger partial charge in [-0.1, -0.05) is 25.0 Å². The van der Waals surface area contributed by atoms with Crippen molar-refractivity contribution in [3.8, 4) is 5.75 Å². The molecule has 1 aliphatic rings. The van der Waals surface area contributed by atoms with Gasteiger partial charge in [-0.05, 0) is 31.0 Å². The molecule has 1 fully saturated rings. The lowest BCUT2D eigenvalue weighted by atomic mass is 9.92. The SMILES string of the molecule is COc1cccc(Cn2cc(C(=O)N[C@H]3CCCCC3O)c3ncccc32)c1F. The Hall–Kier alpha value is -2.93. The number of hydrogen-bond acceptors (Lipinski definition) is 4. The average molecular weight is 397 g/mol. The van der Waals surface area contributed by atoms with Gasteiger partial charge in [-0.2, -0.15) is 0 Å². The number of halogens is 1. The fourth-order valence-electron chi connectivity index (χ4n) is 3.96. The molecule has 0 radical (unpaired) electrons. The van der Waals surface area contributed by atoms with E-state index in [2.05, 4.69) is 10.3 Å². The lowest BCUT2D eigenvalue weighted by Crippen LogP contribution is -2.45. The van der Waals surface area contributed by atoms with E-state index in [4.69, 9.17) is 4.74 Å². The molecule has 29 heavy (non-hydrogen) atoms. The molecule has 2 N–H and O–H groups in total. The summed E-state index contributed by atoms with van der Waals surface area (Å²) in [5, 5.41) is 13.1. The Kier molecular flexibility index (Phi) is 5.49. The lowest BCUT2D eigenvalue weighted by Gasteiger charge is -2.28. The van der Waals surface area contributed by atoms with Crippen molar-refractivity contribution in [3.05, 3.63) is 59.7 Å². The molecule has 152 valence electrons. The number of carbonyl (C=O) groups excluding carboxylic acids is 1. The molecule has 2 aromatic heterocycles. The summed E-state index contributed by atoms with van der Waals surface area (Å²) in [5.74, 6) is -0.511. The van der Waals surface area contributed by atoms with Crippen LogP contribution in [0.2, 0.25) is 0 Å². The van der Waals surface area contributed by atoms with Gasteiger partial charge in [0.1, 0.15) is 5.52 Å². The number of carbonyl (C=O) groups is 1. The van der Waals surface area contributed by atoms with Crippen molar-refractivity contribution in [2.75, 3.05) is 7.11 Å². The Morgan fingerprint density at radius 3 is 2.93 bits per heavy atom. The summed E-state index contributed by atoms with van der Waals surface area (Å²) in [7, 11) is 1.43. The van der Waals surface area contributed by atoms with Crippen molar-refractivity contribution in [2.24, 2.45) is 0 Å². The van der Waals surface area contributed by atoms with Crippen molar-refractivity contribution in [2.45, 2.75) is 44.4 Å². The molecule has 1 saturated carbocycles. The van der Waals surface area contributed by atoms with E-state index >= 15 is 0 Å². The molecule has 3 aromatic rings. The van der Waals surface area contributed by atoms with Gasteiger partial charge in [-0.15, -0.1) is 0 Å². The van der Waals surface area contributed by atoms with Crippen LogP contribution in [0.25, 0.3) is 11.0 Å². The van der Waals surface area contributed by atoms with Crippen LogP contribution in [-0.2, 0) is 6.54 Å². The molecule has 1 aromatic carbocycles. The van der Waals surface area contributed by atoms with Crippen LogP contribution in [0, 0.1) is 5.82 Å². The maximum atomic E-state index is 14.6. The fraction of sp³-hybridized carbons (Fsp3) is 0.364. The number of fused-ring (bicyclic) bond motifs is 1. The third kappa shape index (κ3) is 3.82. The Morgan fingerprint density at radius 2 is 2.14 bits per heavy atom. The number of hydrogen-bond donors (Lipinski definition) is 2. The number of nitrogens with one attached hydrogen (secondary N) is 1. The van der Waals surface area contributed by atoms with Crippen LogP contribution >= 0.6 is 0 Å². The van der Waals surface area contributed by atoms with Gasteiger partial charge < -0.3 is 19.7 Å². The van der Waals surface area contributed by atoms with E-state index in [0.29, 0.717) is 23.1 Å². The molecule has 2 heterocycles. The second-order valence-corrected chi connectivity index (χ2v) is 7.41. The highest BCUT2D eigenvalue weighted by molar-refractivity contribution is 6.05.